The normalized spacial score (nSPS) is 14.8. The van der Waals surface area contributed by atoms with Crippen LogP contribution in [0.1, 0.15) is 17.5 Å². The predicted molar refractivity (Wildman–Crippen MR) is 117 cm³/mol. The minimum Gasteiger partial charge on any atom is -0.447 e. The maximum absolute atomic E-state index is 6.79. The zero-order valence-electron chi connectivity index (χ0n) is 16.2. The highest BCUT2D eigenvalue weighted by Gasteiger charge is 2.30. The fourth-order valence-electron chi connectivity index (χ4n) is 3.41. The van der Waals surface area contributed by atoms with Gasteiger partial charge in [-0.15, -0.1) is 10.2 Å². The molecule has 1 atom stereocenters. The largest absolute Gasteiger partial charge is 0.447 e. The Bertz CT molecular complexity index is 1230. The molecule has 30 heavy (non-hydrogen) atoms. The van der Waals surface area contributed by atoms with Crippen molar-refractivity contribution in [2.75, 3.05) is 11.6 Å². The lowest BCUT2D eigenvalue weighted by atomic mass is 10.1. The van der Waals surface area contributed by atoms with Gasteiger partial charge in [0, 0.05) is 11.3 Å². The van der Waals surface area contributed by atoms with Crippen LogP contribution in [-0.4, -0.2) is 31.2 Å². The van der Waals surface area contributed by atoms with Crippen LogP contribution in [-0.2, 0) is 0 Å². The molecule has 0 spiro atoms. The highest BCUT2D eigenvalue weighted by Crippen LogP contribution is 2.41. The van der Waals surface area contributed by atoms with Crippen LogP contribution in [0.4, 0.5) is 5.69 Å². The molecule has 9 heteroatoms. The number of nitrogens with zero attached hydrogens (tertiary/aromatic N) is 5. The van der Waals surface area contributed by atoms with Gasteiger partial charge in [0.15, 0.2) is 5.69 Å². The fraction of sp³-hybridized carbons (Fsp3) is 0.143. The van der Waals surface area contributed by atoms with Crippen molar-refractivity contribution >= 4 is 29.1 Å². The summed E-state index contributed by atoms with van der Waals surface area (Å²) in [5.74, 6) is 0.403. The monoisotopic (exact) mass is 436 g/mol. The van der Waals surface area contributed by atoms with E-state index < -0.39 is 6.23 Å². The van der Waals surface area contributed by atoms with Crippen molar-refractivity contribution in [3.63, 3.8) is 0 Å². The van der Waals surface area contributed by atoms with Crippen molar-refractivity contribution in [3.8, 4) is 22.8 Å². The number of ether oxygens (including phenoxy) is 1. The first-order valence-electron chi connectivity index (χ1n) is 9.27. The van der Waals surface area contributed by atoms with Crippen LogP contribution in [0.25, 0.3) is 16.9 Å². The van der Waals surface area contributed by atoms with E-state index in [9.17, 15) is 0 Å². The number of nitrogens with one attached hydrogen (secondary N) is 1. The van der Waals surface area contributed by atoms with E-state index in [1.54, 1.807) is 4.68 Å². The van der Waals surface area contributed by atoms with Crippen LogP contribution >= 0.6 is 23.4 Å². The second kappa shape index (κ2) is 7.62. The minimum absolute atomic E-state index is 0.403. The van der Waals surface area contributed by atoms with Gasteiger partial charge in [-0.25, -0.2) is 4.68 Å². The first-order valence-corrected chi connectivity index (χ1v) is 10.9. The van der Waals surface area contributed by atoms with E-state index >= 15 is 0 Å². The molecule has 0 aliphatic carbocycles. The number of rotatable bonds is 3. The number of fused-ring (bicyclic) bond motifs is 3. The zero-order chi connectivity index (χ0) is 20.7. The van der Waals surface area contributed by atoms with Crippen LogP contribution in [0.3, 0.4) is 0 Å². The predicted octanol–water partition coefficient (Wildman–Crippen LogP) is 4.91. The summed E-state index contributed by atoms with van der Waals surface area (Å²) in [6.45, 7) is 1.91. The van der Waals surface area contributed by atoms with Gasteiger partial charge >= 0.3 is 0 Å². The van der Waals surface area contributed by atoms with Gasteiger partial charge in [0.25, 0.3) is 0 Å². The molecule has 2 aromatic heterocycles. The molecular weight excluding hydrogens is 420 g/mol. The molecule has 1 aliphatic rings. The SMILES string of the molecule is CSc1nnc2c(n1)O[C@@H](c1c(C)nn(-c3ccccc3)c1Cl)Nc1ccccc1-2. The average molecular weight is 437 g/mol. The maximum Gasteiger partial charge on any atom is 0.247 e. The van der Waals surface area contributed by atoms with Crippen molar-refractivity contribution < 1.29 is 4.74 Å². The molecule has 0 saturated carbocycles. The summed E-state index contributed by atoms with van der Waals surface area (Å²) in [4.78, 5) is 4.55. The number of benzene rings is 2. The third-order valence-electron chi connectivity index (χ3n) is 4.83. The van der Waals surface area contributed by atoms with Crippen molar-refractivity contribution in [1.29, 1.82) is 0 Å². The summed E-state index contributed by atoms with van der Waals surface area (Å²) in [6.07, 6.45) is 1.30. The molecule has 0 radical (unpaired) electrons. The number of hydrogen-bond acceptors (Lipinski definition) is 7. The summed E-state index contributed by atoms with van der Waals surface area (Å²) in [6, 6.07) is 17.6. The third kappa shape index (κ3) is 3.18. The Morgan fingerprint density at radius 3 is 2.63 bits per heavy atom. The summed E-state index contributed by atoms with van der Waals surface area (Å²) in [5, 5.41) is 17.6. The average Bonchev–Trinajstić information content (AvgIpc) is 2.98. The zero-order valence-corrected chi connectivity index (χ0v) is 17.8. The van der Waals surface area contributed by atoms with Gasteiger partial charge in [-0.05, 0) is 31.4 Å². The quantitative estimate of drug-likeness (QED) is 0.457. The highest BCUT2D eigenvalue weighted by atomic mass is 35.5. The summed E-state index contributed by atoms with van der Waals surface area (Å²) >= 11 is 8.20. The lowest BCUT2D eigenvalue weighted by Crippen LogP contribution is -2.18. The lowest BCUT2D eigenvalue weighted by Gasteiger charge is -2.19. The Balaban J connectivity index is 1.65. The van der Waals surface area contributed by atoms with Crippen molar-refractivity contribution in [2.24, 2.45) is 0 Å². The van der Waals surface area contributed by atoms with Crippen LogP contribution in [0.2, 0.25) is 5.15 Å². The van der Waals surface area contributed by atoms with Gasteiger partial charge in [-0.3, -0.25) is 0 Å². The molecule has 2 aromatic carbocycles. The van der Waals surface area contributed by atoms with Gasteiger partial charge in [-0.2, -0.15) is 10.1 Å². The number of anilines is 1. The summed E-state index contributed by atoms with van der Waals surface area (Å²) < 4.78 is 8.01. The lowest BCUT2D eigenvalue weighted by molar-refractivity contribution is 0.224. The molecule has 0 amide bonds. The van der Waals surface area contributed by atoms with E-state index in [4.69, 9.17) is 16.3 Å². The first-order chi connectivity index (χ1) is 14.7. The molecule has 0 saturated heterocycles. The van der Waals surface area contributed by atoms with Crippen LogP contribution in [0.5, 0.6) is 5.88 Å². The number of hydrogen-bond donors (Lipinski definition) is 1. The third-order valence-corrected chi connectivity index (χ3v) is 5.73. The van der Waals surface area contributed by atoms with Crippen molar-refractivity contribution in [1.82, 2.24) is 25.0 Å². The smallest absolute Gasteiger partial charge is 0.247 e. The molecule has 150 valence electrons. The maximum atomic E-state index is 6.79. The summed E-state index contributed by atoms with van der Waals surface area (Å²) in [7, 11) is 0. The Hall–Kier alpha value is -3.10. The number of aromatic nitrogens is 5. The van der Waals surface area contributed by atoms with E-state index in [2.05, 4.69) is 25.6 Å². The molecule has 4 aromatic rings. The second-order valence-corrected chi connectivity index (χ2v) is 7.81. The van der Waals surface area contributed by atoms with Crippen molar-refractivity contribution in [3.05, 3.63) is 71.0 Å². The Morgan fingerprint density at radius 1 is 1.07 bits per heavy atom. The molecule has 1 N–H and O–H groups in total. The first kappa shape index (κ1) is 18.9. The highest BCUT2D eigenvalue weighted by molar-refractivity contribution is 7.98. The Morgan fingerprint density at radius 2 is 1.83 bits per heavy atom. The van der Waals surface area contributed by atoms with Gasteiger partial charge in [0.2, 0.25) is 17.3 Å². The summed E-state index contributed by atoms with van der Waals surface area (Å²) in [5.41, 5.74) is 4.69. The van der Waals surface area contributed by atoms with Crippen LogP contribution in [0, 0.1) is 6.92 Å². The van der Waals surface area contributed by atoms with E-state index in [1.165, 1.54) is 11.8 Å². The standard InChI is InChI=1S/C21H17ClN6OS/c1-12-16(18(22)28(27-12)13-8-4-3-5-9-13)19-23-15-11-7-6-10-14(15)17-20(29-19)24-21(30-2)26-25-17/h3-11,19,23H,1-2H3/t19-/m0/s1. The van der Waals surface area contributed by atoms with Gasteiger partial charge in [0.05, 0.1) is 16.9 Å². The van der Waals surface area contributed by atoms with Gasteiger partial charge in [-0.1, -0.05) is 59.8 Å². The van der Waals surface area contributed by atoms with Crippen LogP contribution in [0.15, 0.2) is 59.8 Å². The van der Waals surface area contributed by atoms with Gasteiger partial charge in [0.1, 0.15) is 5.15 Å². The molecule has 0 bridgehead atoms. The topological polar surface area (TPSA) is 77.8 Å². The Kier molecular flexibility index (Phi) is 4.80. The number of halogens is 1. The molecule has 0 fully saturated rings. The van der Waals surface area contributed by atoms with E-state index in [-0.39, 0.29) is 0 Å². The molecule has 3 heterocycles. The molecule has 1 aliphatic heterocycles. The molecule has 0 unspecified atom stereocenters. The fourth-order valence-corrected chi connectivity index (χ4v) is 4.08. The number of thioether (sulfide) groups is 1. The van der Waals surface area contributed by atoms with Gasteiger partial charge < -0.3 is 10.1 Å². The van der Waals surface area contributed by atoms with Crippen molar-refractivity contribution in [2.45, 2.75) is 18.3 Å². The number of aryl methyl sites for hydroxylation is 1. The molecule has 5 rings (SSSR count). The van der Waals surface area contributed by atoms with E-state index in [0.29, 0.717) is 21.9 Å². The van der Waals surface area contributed by atoms with E-state index in [1.807, 2.05) is 67.8 Å². The second-order valence-electron chi connectivity index (χ2n) is 6.68. The molecule has 7 nitrogen and oxygen atoms in total. The van der Waals surface area contributed by atoms with E-state index in [0.717, 1.165) is 28.2 Å². The molecular formula is C21H17ClN6OS. The van der Waals surface area contributed by atoms with Crippen LogP contribution < -0.4 is 10.1 Å². The minimum atomic E-state index is -0.594. The number of para-hydroxylation sites is 2. The Labute approximate surface area is 182 Å².